The van der Waals surface area contributed by atoms with Gasteiger partial charge in [0.1, 0.15) is 24.2 Å². The molecule has 0 aliphatic heterocycles. The Kier molecular flexibility index (Phi) is 10.6. The summed E-state index contributed by atoms with van der Waals surface area (Å²) in [5.41, 5.74) is 0.622. The third-order valence-corrected chi connectivity index (χ3v) is 5.06. The van der Waals surface area contributed by atoms with E-state index in [1.165, 1.54) is 7.11 Å². The summed E-state index contributed by atoms with van der Waals surface area (Å²) in [5.74, 6) is -2.28. The van der Waals surface area contributed by atoms with Gasteiger partial charge in [-0.15, -0.1) is 0 Å². The fourth-order valence-corrected chi connectivity index (χ4v) is 3.03. The van der Waals surface area contributed by atoms with Gasteiger partial charge in [0.05, 0.1) is 7.11 Å². The zero-order chi connectivity index (χ0) is 26.1. The molecule has 0 aliphatic carbocycles. The van der Waals surface area contributed by atoms with Crippen LogP contribution >= 0.6 is 0 Å². The molecule has 186 valence electrons. The monoisotopic (exact) mass is 473 g/mol. The third kappa shape index (κ3) is 8.43. The predicted octanol–water partition coefficient (Wildman–Crippen LogP) is 2.68. The van der Waals surface area contributed by atoms with Crippen molar-refractivity contribution in [1.29, 1.82) is 0 Å². The normalized spacial score (nSPS) is 13.5. The minimum absolute atomic E-state index is 0.312. The van der Waals surface area contributed by atoms with Crippen LogP contribution in [-0.2, 0) is 23.9 Å². The summed E-state index contributed by atoms with van der Waals surface area (Å²) in [6.07, 6.45) is 5.49. The number of alkyl carbamates (subject to hydrolysis) is 1. The Labute approximate surface area is 201 Å². The van der Waals surface area contributed by atoms with Gasteiger partial charge in [0.2, 0.25) is 5.91 Å². The van der Waals surface area contributed by atoms with E-state index in [0.29, 0.717) is 12.0 Å². The first kappa shape index (κ1) is 28.5. The maximum Gasteiger partial charge on any atom is 0.408 e. The minimum Gasteiger partial charge on any atom is -0.468 e. The number of carbonyl (C=O) groups is 4. The molecule has 0 heterocycles. The number of esters is 1. The molecule has 9 heteroatoms. The average molecular weight is 474 g/mol. The van der Waals surface area contributed by atoms with E-state index in [-0.39, 0.29) is 5.92 Å². The number of benzene rings is 1. The van der Waals surface area contributed by atoms with E-state index in [4.69, 9.17) is 11.2 Å². The fraction of sp³-hybridized carbons (Fsp3) is 0.520. The van der Waals surface area contributed by atoms with Gasteiger partial charge in [-0.1, -0.05) is 56.5 Å². The maximum atomic E-state index is 13.6. The fourth-order valence-electron chi connectivity index (χ4n) is 3.03. The molecule has 1 aromatic rings. The zero-order valence-corrected chi connectivity index (χ0v) is 20.9. The van der Waals surface area contributed by atoms with E-state index < -0.39 is 48.1 Å². The Morgan fingerprint density at radius 3 is 2.21 bits per heavy atom. The number of rotatable bonds is 9. The van der Waals surface area contributed by atoms with Crippen molar-refractivity contribution in [3.8, 4) is 12.5 Å². The van der Waals surface area contributed by atoms with Crippen LogP contribution < -0.4 is 10.6 Å². The number of hydrogen-bond acceptors (Lipinski definition) is 6. The summed E-state index contributed by atoms with van der Waals surface area (Å²) >= 11 is 0. The van der Waals surface area contributed by atoms with Crippen molar-refractivity contribution in [2.45, 2.75) is 65.6 Å². The summed E-state index contributed by atoms with van der Waals surface area (Å²) in [6.45, 7) is 10.3. The molecule has 0 bridgehead atoms. The Bertz CT molecular complexity index is 914. The van der Waals surface area contributed by atoms with Crippen LogP contribution in [0.5, 0.6) is 0 Å². The van der Waals surface area contributed by atoms with Gasteiger partial charge in [-0.2, -0.15) is 0 Å². The second-order valence-corrected chi connectivity index (χ2v) is 8.95. The SMILES string of the molecule is C#CN(C(=O)C(NC(=O)OC(C)(C)C)C(C)CC)C(C(=O)NCC(=O)OC)c1ccc(C)cc1. The summed E-state index contributed by atoms with van der Waals surface area (Å²) in [5, 5.41) is 5.05. The second kappa shape index (κ2) is 12.6. The maximum absolute atomic E-state index is 13.6. The highest BCUT2D eigenvalue weighted by Crippen LogP contribution is 2.24. The highest BCUT2D eigenvalue weighted by Gasteiger charge is 2.37. The molecule has 0 saturated carbocycles. The van der Waals surface area contributed by atoms with Gasteiger partial charge in [-0.3, -0.25) is 19.3 Å². The first-order valence-corrected chi connectivity index (χ1v) is 11.0. The molecule has 0 spiro atoms. The van der Waals surface area contributed by atoms with E-state index in [1.807, 2.05) is 13.8 Å². The lowest BCUT2D eigenvalue weighted by Crippen LogP contribution is -2.54. The lowest BCUT2D eigenvalue weighted by atomic mass is 9.96. The standard InChI is InChI=1S/C25H35N3O6/c1-9-17(4)20(27-24(32)34-25(5,6)7)23(31)28(10-2)21(18-13-11-16(3)12-14-18)22(30)26-15-19(29)33-8/h2,11-14,17,20-21H,9,15H2,1,3-8H3,(H,26,30)(H,27,32). The van der Waals surface area contributed by atoms with E-state index in [2.05, 4.69) is 21.4 Å². The van der Waals surface area contributed by atoms with Crippen LogP contribution in [-0.4, -0.2) is 54.1 Å². The smallest absolute Gasteiger partial charge is 0.408 e. The van der Waals surface area contributed by atoms with Gasteiger partial charge >= 0.3 is 12.1 Å². The molecule has 3 atom stereocenters. The lowest BCUT2D eigenvalue weighted by molar-refractivity contribution is -0.143. The molecular formula is C25H35N3O6. The highest BCUT2D eigenvalue weighted by atomic mass is 16.6. The van der Waals surface area contributed by atoms with Gasteiger partial charge in [-0.25, -0.2) is 4.79 Å². The Hall–Kier alpha value is -3.54. The van der Waals surface area contributed by atoms with Crippen LogP contribution in [0.3, 0.4) is 0 Å². The van der Waals surface area contributed by atoms with Gasteiger partial charge in [0, 0.05) is 6.04 Å². The van der Waals surface area contributed by atoms with Crippen LogP contribution in [0, 0.1) is 25.3 Å². The third-order valence-electron chi connectivity index (χ3n) is 5.06. The number of methoxy groups -OCH3 is 1. The number of nitrogens with one attached hydrogen (secondary N) is 2. The summed E-state index contributed by atoms with van der Waals surface area (Å²) in [4.78, 5) is 51.6. The van der Waals surface area contributed by atoms with Crippen LogP contribution in [0.4, 0.5) is 4.79 Å². The number of hydrogen-bond donors (Lipinski definition) is 2. The van der Waals surface area contributed by atoms with E-state index in [1.54, 1.807) is 52.0 Å². The number of terminal acetylenes is 1. The van der Waals surface area contributed by atoms with Crippen molar-refractivity contribution in [3.05, 3.63) is 35.4 Å². The van der Waals surface area contributed by atoms with E-state index in [0.717, 1.165) is 10.5 Å². The first-order chi connectivity index (χ1) is 15.8. The predicted molar refractivity (Wildman–Crippen MR) is 127 cm³/mol. The zero-order valence-electron chi connectivity index (χ0n) is 20.9. The van der Waals surface area contributed by atoms with Gasteiger partial charge in [-0.05, 0) is 39.2 Å². The Balaban J connectivity index is 3.36. The molecule has 9 nitrogen and oxygen atoms in total. The topological polar surface area (TPSA) is 114 Å². The van der Waals surface area contributed by atoms with Crippen molar-refractivity contribution in [3.63, 3.8) is 0 Å². The van der Waals surface area contributed by atoms with Crippen LogP contribution in [0.15, 0.2) is 24.3 Å². The molecule has 3 unspecified atom stereocenters. The van der Waals surface area contributed by atoms with Crippen molar-refractivity contribution < 1.29 is 28.7 Å². The van der Waals surface area contributed by atoms with Crippen LogP contribution in [0.25, 0.3) is 0 Å². The summed E-state index contributed by atoms with van der Waals surface area (Å²) in [7, 11) is 1.20. The first-order valence-electron chi connectivity index (χ1n) is 11.0. The van der Waals surface area contributed by atoms with E-state index in [9.17, 15) is 19.2 Å². The number of carbonyl (C=O) groups excluding carboxylic acids is 4. The Morgan fingerprint density at radius 2 is 1.74 bits per heavy atom. The largest absolute Gasteiger partial charge is 0.468 e. The Morgan fingerprint density at radius 1 is 1.15 bits per heavy atom. The molecule has 1 aromatic carbocycles. The molecule has 0 saturated heterocycles. The molecule has 0 fully saturated rings. The molecule has 1 rings (SSSR count). The number of nitrogens with zero attached hydrogens (tertiary/aromatic N) is 1. The van der Waals surface area contributed by atoms with Crippen molar-refractivity contribution in [2.24, 2.45) is 5.92 Å². The van der Waals surface area contributed by atoms with Crippen LogP contribution in [0.2, 0.25) is 0 Å². The number of aryl methyl sites for hydroxylation is 1. The van der Waals surface area contributed by atoms with Crippen molar-refractivity contribution in [2.75, 3.05) is 13.7 Å². The molecule has 0 aromatic heterocycles. The van der Waals surface area contributed by atoms with Gasteiger partial charge < -0.3 is 20.1 Å². The lowest BCUT2D eigenvalue weighted by Gasteiger charge is -2.32. The minimum atomic E-state index is -1.24. The molecular weight excluding hydrogens is 438 g/mol. The molecule has 0 radical (unpaired) electrons. The van der Waals surface area contributed by atoms with E-state index >= 15 is 0 Å². The summed E-state index contributed by atoms with van der Waals surface area (Å²) < 4.78 is 9.87. The molecule has 3 amide bonds. The van der Waals surface area contributed by atoms with Crippen LogP contribution in [0.1, 0.15) is 58.2 Å². The molecule has 0 aliphatic rings. The van der Waals surface area contributed by atoms with Gasteiger partial charge in [0.25, 0.3) is 5.91 Å². The highest BCUT2D eigenvalue weighted by molar-refractivity contribution is 5.94. The second-order valence-electron chi connectivity index (χ2n) is 8.95. The van der Waals surface area contributed by atoms with Crippen molar-refractivity contribution in [1.82, 2.24) is 15.5 Å². The summed E-state index contributed by atoms with van der Waals surface area (Å²) in [6, 6.07) is 6.91. The quantitative estimate of drug-likeness (QED) is 0.324. The molecule has 34 heavy (non-hydrogen) atoms. The number of amides is 3. The average Bonchev–Trinajstić information content (AvgIpc) is 2.77. The number of ether oxygens (including phenoxy) is 2. The van der Waals surface area contributed by atoms with Gasteiger partial charge in [0.15, 0.2) is 0 Å². The molecule has 2 N–H and O–H groups in total. The van der Waals surface area contributed by atoms with Crippen molar-refractivity contribution >= 4 is 23.9 Å².